The minimum absolute atomic E-state index is 0.0807. The Balaban J connectivity index is 0.750. The smallest absolute Gasteiger partial charge is 0.258 e. The third kappa shape index (κ3) is 12.5. The lowest BCUT2D eigenvalue weighted by Gasteiger charge is -2.36. The fraction of sp³-hybridized carbons (Fsp3) is 0.434. The molecule has 9 rings (SSSR count). The van der Waals surface area contributed by atoms with Crippen LogP contribution in [0.1, 0.15) is 79.3 Å². The Morgan fingerprint density at radius 3 is 2.13 bits per heavy atom. The number of piperazine rings is 2. The first kappa shape index (κ1) is 48.9. The van der Waals surface area contributed by atoms with Gasteiger partial charge in [0, 0.05) is 125 Å². The van der Waals surface area contributed by atoms with Crippen molar-refractivity contribution in [3.63, 3.8) is 0 Å². The lowest BCUT2D eigenvalue weighted by atomic mass is 10.0. The van der Waals surface area contributed by atoms with E-state index in [1.807, 2.05) is 70.5 Å². The van der Waals surface area contributed by atoms with Crippen molar-refractivity contribution in [2.75, 3.05) is 98.2 Å². The van der Waals surface area contributed by atoms with E-state index in [2.05, 4.69) is 53.2 Å². The summed E-state index contributed by atoms with van der Waals surface area (Å²) in [5.41, 5.74) is 5.99. The van der Waals surface area contributed by atoms with Gasteiger partial charge in [0.15, 0.2) is 5.82 Å². The van der Waals surface area contributed by atoms with E-state index < -0.39 is 17.7 Å². The Kier molecular flexibility index (Phi) is 15.4. The van der Waals surface area contributed by atoms with Crippen LogP contribution in [-0.2, 0) is 25.6 Å². The number of hydrogen-bond donors (Lipinski definition) is 5. The molecule has 4 saturated heterocycles. The number of nitrogens with zero attached hydrogens (tertiary/aromatic N) is 6. The number of aromatic amines is 1. The molecule has 71 heavy (non-hydrogen) atoms. The van der Waals surface area contributed by atoms with Gasteiger partial charge in [-0.3, -0.25) is 34.4 Å². The van der Waals surface area contributed by atoms with Crippen LogP contribution in [0, 0.1) is 11.6 Å². The molecule has 18 heteroatoms. The van der Waals surface area contributed by atoms with Crippen molar-refractivity contribution in [3.8, 4) is 0 Å². The molecule has 4 aromatic carbocycles. The number of nitrogens with one attached hydrogen (secondary N) is 5. The number of likely N-dealkylation sites (tertiary alicyclic amines) is 1. The zero-order chi connectivity index (χ0) is 49.4. The Bertz CT molecular complexity index is 2710. The molecule has 4 fully saturated rings. The van der Waals surface area contributed by atoms with Crippen molar-refractivity contribution in [3.05, 3.63) is 107 Å². The number of rotatable bonds is 16. The Labute approximate surface area is 412 Å². The van der Waals surface area contributed by atoms with Crippen molar-refractivity contribution in [2.24, 2.45) is 0 Å². The predicted molar refractivity (Wildman–Crippen MR) is 271 cm³/mol. The zero-order valence-electron chi connectivity index (χ0n) is 40.3. The molecule has 5 aromatic rings. The summed E-state index contributed by atoms with van der Waals surface area (Å²) in [6, 6.07) is 22.2. The number of anilines is 5. The molecular formula is C53H63F2N11O5. The number of piperidine rings is 2. The summed E-state index contributed by atoms with van der Waals surface area (Å²) >= 11 is 0. The standard InChI is InChI=1S/C53H63F2N11O5/c1-62-20-22-64(23-21-62)42-14-15-43(52(70)59-51-44-31-35(9-16-45(44)60-61-51)28-36-29-37(54)32-38(55)30-36)47(33-42)57-40-6-5-19-66(34-40)50(69)8-4-2-3-7-49(68)65-26-24-63(25-27-65)41-12-10-39(11-13-41)56-46-17-18-48(67)58-53(46)71/h9-16,29-33,40,46,56-57H,2-8,17-28,34H2,1H3,(H,58,67,71)(H2,59,60,61,70). The molecule has 0 aliphatic carbocycles. The van der Waals surface area contributed by atoms with Gasteiger partial charge in [0.2, 0.25) is 23.6 Å². The molecule has 4 aliphatic heterocycles. The molecule has 2 atom stereocenters. The normalized spacial score (nSPS) is 18.9. The lowest BCUT2D eigenvalue weighted by Crippen LogP contribution is -2.48. The highest BCUT2D eigenvalue weighted by Gasteiger charge is 2.28. The van der Waals surface area contributed by atoms with Gasteiger partial charge >= 0.3 is 0 Å². The molecule has 16 nitrogen and oxygen atoms in total. The van der Waals surface area contributed by atoms with Crippen LogP contribution in [0.2, 0.25) is 0 Å². The third-order valence-corrected chi connectivity index (χ3v) is 14.2. The fourth-order valence-corrected chi connectivity index (χ4v) is 10.1. The van der Waals surface area contributed by atoms with Gasteiger partial charge in [-0.25, -0.2) is 8.78 Å². The number of benzene rings is 4. The monoisotopic (exact) mass is 971 g/mol. The molecule has 0 radical (unpaired) electrons. The van der Waals surface area contributed by atoms with Crippen LogP contribution in [0.5, 0.6) is 0 Å². The molecule has 0 bridgehead atoms. The van der Waals surface area contributed by atoms with E-state index in [9.17, 15) is 32.8 Å². The summed E-state index contributed by atoms with van der Waals surface area (Å²) in [5, 5.41) is 20.3. The maximum atomic E-state index is 14.2. The number of imide groups is 1. The van der Waals surface area contributed by atoms with Crippen LogP contribution in [-0.4, -0.2) is 139 Å². The summed E-state index contributed by atoms with van der Waals surface area (Å²) in [6.07, 6.45) is 5.79. The highest BCUT2D eigenvalue weighted by Crippen LogP contribution is 2.30. The maximum absolute atomic E-state index is 14.2. The molecule has 5 heterocycles. The van der Waals surface area contributed by atoms with Crippen LogP contribution in [0.4, 0.5) is 37.3 Å². The summed E-state index contributed by atoms with van der Waals surface area (Å²) in [7, 11) is 2.11. The van der Waals surface area contributed by atoms with Crippen molar-refractivity contribution in [2.45, 2.75) is 76.3 Å². The number of unbranched alkanes of at least 4 members (excludes halogenated alkanes) is 2. The van der Waals surface area contributed by atoms with E-state index in [4.69, 9.17) is 0 Å². The molecule has 0 saturated carbocycles. The SMILES string of the molecule is CN1CCN(c2ccc(C(=O)Nc3n[nH]c4ccc(Cc5cc(F)cc(F)c5)cc34)c(NC3CCCN(C(=O)CCCCCC(=O)N4CCN(c5ccc(NC6CCC(=O)NC6=O)cc5)CC4)C3)c2)CC1. The number of fused-ring (bicyclic) bond motifs is 1. The van der Waals surface area contributed by atoms with Gasteiger partial charge in [0.1, 0.15) is 17.7 Å². The molecule has 374 valence electrons. The molecule has 5 amide bonds. The first-order valence-electron chi connectivity index (χ1n) is 25.0. The molecule has 2 unspecified atom stereocenters. The van der Waals surface area contributed by atoms with Crippen LogP contribution in [0.3, 0.4) is 0 Å². The summed E-state index contributed by atoms with van der Waals surface area (Å²) in [4.78, 5) is 75.3. The van der Waals surface area contributed by atoms with Crippen LogP contribution in [0.15, 0.2) is 78.9 Å². The van der Waals surface area contributed by atoms with Gasteiger partial charge in [0.25, 0.3) is 5.91 Å². The van der Waals surface area contributed by atoms with Crippen molar-refractivity contribution in [1.29, 1.82) is 0 Å². The van der Waals surface area contributed by atoms with Gasteiger partial charge in [-0.1, -0.05) is 12.5 Å². The number of carbonyl (C=O) groups excluding carboxylic acids is 5. The molecule has 5 N–H and O–H groups in total. The molecule has 0 spiro atoms. The number of amides is 5. The van der Waals surface area contributed by atoms with Gasteiger partial charge < -0.3 is 40.4 Å². The van der Waals surface area contributed by atoms with Crippen LogP contribution < -0.4 is 31.1 Å². The number of hydrogen-bond acceptors (Lipinski definition) is 11. The van der Waals surface area contributed by atoms with Gasteiger partial charge in [-0.2, -0.15) is 5.10 Å². The second-order valence-corrected chi connectivity index (χ2v) is 19.3. The largest absolute Gasteiger partial charge is 0.380 e. The highest BCUT2D eigenvalue weighted by molar-refractivity contribution is 6.11. The number of halogens is 2. The Morgan fingerprint density at radius 1 is 0.704 bits per heavy atom. The second-order valence-electron chi connectivity index (χ2n) is 19.3. The number of likely N-dealkylation sites (N-methyl/N-ethyl adjacent to an activating group) is 1. The first-order valence-corrected chi connectivity index (χ1v) is 25.0. The van der Waals surface area contributed by atoms with Crippen molar-refractivity contribution >= 4 is 69.0 Å². The van der Waals surface area contributed by atoms with E-state index in [0.29, 0.717) is 98.2 Å². The van der Waals surface area contributed by atoms with Crippen LogP contribution >= 0.6 is 0 Å². The second kappa shape index (κ2) is 22.3. The Hall–Kier alpha value is -7.08. The van der Waals surface area contributed by atoms with Gasteiger partial charge in [-0.05, 0) is 123 Å². The molecule has 1 aromatic heterocycles. The first-order chi connectivity index (χ1) is 34.4. The summed E-state index contributed by atoms with van der Waals surface area (Å²) in [6.45, 7) is 7.45. The third-order valence-electron chi connectivity index (χ3n) is 14.2. The molecule has 4 aliphatic rings. The van der Waals surface area contributed by atoms with Gasteiger partial charge in [-0.15, -0.1) is 0 Å². The topological polar surface area (TPSA) is 178 Å². The van der Waals surface area contributed by atoms with E-state index in [1.54, 1.807) is 0 Å². The quantitative estimate of drug-likeness (QED) is 0.0550. The van der Waals surface area contributed by atoms with Crippen molar-refractivity contribution in [1.82, 2.24) is 30.2 Å². The molecular weight excluding hydrogens is 909 g/mol. The van der Waals surface area contributed by atoms with E-state index in [0.717, 1.165) is 93.6 Å². The number of carbonyl (C=O) groups is 5. The number of H-pyrrole nitrogens is 1. The zero-order valence-corrected chi connectivity index (χ0v) is 40.3. The van der Waals surface area contributed by atoms with E-state index >= 15 is 0 Å². The summed E-state index contributed by atoms with van der Waals surface area (Å²) in [5.74, 6) is -1.60. The number of aromatic nitrogens is 2. The lowest BCUT2D eigenvalue weighted by molar-refractivity contribution is -0.134. The van der Waals surface area contributed by atoms with Crippen LogP contribution in [0.25, 0.3) is 10.9 Å². The summed E-state index contributed by atoms with van der Waals surface area (Å²) < 4.78 is 27.9. The predicted octanol–water partition coefficient (Wildman–Crippen LogP) is 6.36. The Morgan fingerprint density at radius 2 is 1.39 bits per heavy atom. The minimum atomic E-state index is -0.639. The van der Waals surface area contributed by atoms with Crippen molar-refractivity contribution < 1.29 is 32.8 Å². The average Bonchev–Trinajstić information content (AvgIpc) is 3.76. The van der Waals surface area contributed by atoms with Gasteiger partial charge in [0.05, 0.1) is 11.1 Å². The minimum Gasteiger partial charge on any atom is -0.380 e. The maximum Gasteiger partial charge on any atom is 0.258 e. The van der Waals surface area contributed by atoms with E-state index in [1.165, 1.54) is 12.1 Å². The van der Waals surface area contributed by atoms with E-state index in [-0.39, 0.29) is 35.6 Å². The fourth-order valence-electron chi connectivity index (χ4n) is 10.1. The highest BCUT2D eigenvalue weighted by atomic mass is 19.1. The average molecular weight is 972 g/mol.